The Labute approximate surface area is 167 Å². The van der Waals surface area contributed by atoms with Crippen molar-refractivity contribution in [3.63, 3.8) is 0 Å². The minimum atomic E-state index is 0.357. The number of nitrogens with zero attached hydrogens (tertiary/aromatic N) is 3. The smallest absolute Gasteiger partial charge is 0.216 e. The number of methoxy groups -OCH3 is 4. The topological polar surface area (TPSA) is 82.9 Å². The molecule has 28 heavy (non-hydrogen) atoms. The molecule has 0 aliphatic carbocycles. The van der Waals surface area contributed by atoms with Crippen LogP contribution in [0.4, 0.5) is 0 Å². The molecule has 2 aromatic carbocycles. The molecule has 1 N–H and O–H groups in total. The largest absolute Gasteiger partial charge is 0.497 e. The van der Waals surface area contributed by atoms with Gasteiger partial charge < -0.3 is 18.9 Å². The number of ether oxygens (including phenoxy) is 4. The third kappa shape index (κ3) is 3.99. The summed E-state index contributed by atoms with van der Waals surface area (Å²) < 4.78 is 23.1. The molecule has 0 amide bonds. The molecule has 0 aliphatic rings. The van der Waals surface area contributed by atoms with Crippen LogP contribution in [-0.4, -0.2) is 49.5 Å². The van der Waals surface area contributed by atoms with Gasteiger partial charge in [0, 0.05) is 17.2 Å². The summed E-state index contributed by atoms with van der Waals surface area (Å²) in [6, 6.07) is 10.9. The molecule has 0 atom stereocenters. The molecular weight excluding hydrogens is 380 g/mol. The van der Waals surface area contributed by atoms with Crippen LogP contribution in [0, 0.1) is 4.77 Å². The summed E-state index contributed by atoms with van der Waals surface area (Å²) in [5.74, 6) is 3.08. The Balaban J connectivity index is 2.01. The standard InChI is InChI=1S/C19H20N4O4S/c1-24-14-7-12(8-15(10-14)25-2)11-20-23-18(21-22-19(23)28)13-5-6-16(26-3)17(9-13)27-4/h5-11H,1-4H3,(H,22,28)/b20-11-. The number of aromatic amines is 1. The van der Waals surface area contributed by atoms with Crippen molar-refractivity contribution in [1.29, 1.82) is 0 Å². The maximum absolute atomic E-state index is 5.36. The summed E-state index contributed by atoms with van der Waals surface area (Å²) in [5.41, 5.74) is 1.56. The molecule has 0 bridgehead atoms. The molecule has 0 saturated carbocycles. The highest BCUT2D eigenvalue weighted by Gasteiger charge is 2.12. The van der Waals surface area contributed by atoms with Gasteiger partial charge in [0.05, 0.1) is 34.7 Å². The van der Waals surface area contributed by atoms with Crippen molar-refractivity contribution in [1.82, 2.24) is 14.9 Å². The first kappa shape index (κ1) is 19.4. The van der Waals surface area contributed by atoms with Crippen molar-refractivity contribution in [3.8, 4) is 34.4 Å². The van der Waals surface area contributed by atoms with Crippen LogP contribution < -0.4 is 18.9 Å². The average molecular weight is 400 g/mol. The van der Waals surface area contributed by atoms with Gasteiger partial charge in [-0.3, -0.25) is 0 Å². The van der Waals surface area contributed by atoms with E-state index in [-0.39, 0.29) is 0 Å². The summed E-state index contributed by atoms with van der Waals surface area (Å²) in [7, 11) is 6.35. The van der Waals surface area contributed by atoms with Crippen molar-refractivity contribution in [3.05, 3.63) is 46.7 Å². The van der Waals surface area contributed by atoms with E-state index >= 15 is 0 Å². The average Bonchev–Trinajstić information content (AvgIpc) is 3.11. The summed E-state index contributed by atoms with van der Waals surface area (Å²) in [6.45, 7) is 0. The molecule has 0 spiro atoms. The molecule has 0 fully saturated rings. The van der Waals surface area contributed by atoms with E-state index in [0.29, 0.717) is 33.6 Å². The van der Waals surface area contributed by atoms with Crippen LogP contribution in [0.15, 0.2) is 41.5 Å². The van der Waals surface area contributed by atoms with E-state index in [2.05, 4.69) is 15.3 Å². The van der Waals surface area contributed by atoms with Crippen LogP contribution in [0.25, 0.3) is 11.4 Å². The second kappa shape index (κ2) is 8.57. The van der Waals surface area contributed by atoms with E-state index in [1.165, 1.54) is 4.68 Å². The van der Waals surface area contributed by atoms with Gasteiger partial charge in [0.15, 0.2) is 17.3 Å². The van der Waals surface area contributed by atoms with Crippen molar-refractivity contribution < 1.29 is 18.9 Å². The van der Waals surface area contributed by atoms with Crippen LogP contribution in [-0.2, 0) is 0 Å². The van der Waals surface area contributed by atoms with Gasteiger partial charge in [0.25, 0.3) is 0 Å². The van der Waals surface area contributed by atoms with Gasteiger partial charge >= 0.3 is 0 Å². The number of hydrogen-bond donors (Lipinski definition) is 1. The summed E-state index contributed by atoms with van der Waals surface area (Å²) in [4.78, 5) is 0. The fourth-order valence-electron chi connectivity index (χ4n) is 2.59. The molecule has 0 radical (unpaired) electrons. The van der Waals surface area contributed by atoms with Crippen LogP contribution in [0.1, 0.15) is 5.56 Å². The Hall–Kier alpha value is -3.33. The fourth-order valence-corrected chi connectivity index (χ4v) is 2.77. The molecule has 3 aromatic rings. The van der Waals surface area contributed by atoms with Crippen molar-refractivity contribution in [2.24, 2.45) is 5.10 Å². The Morgan fingerprint density at radius 3 is 2.21 bits per heavy atom. The van der Waals surface area contributed by atoms with Gasteiger partial charge in [-0.25, -0.2) is 5.10 Å². The predicted octanol–water partition coefficient (Wildman–Crippen LogP) is 3.52. The molecule has 146 valence electrons. The maximum atomic E-state index is 5.36. The summed E-state index contributed by atoms with van der Waals surface area (Å²) in [6.07, 6.45) is 1.65. The quantitative estimate of drug-likeness (QED) is 0.483. The first-order chi connectivity index (χ1) is 13.6. The van der Waals surface area contributed by atoms with Crippen LogP contribution in [0.2, 0.25) is 0 Å². The number of hydrogen-bond acceptors (Lipinski definition) is 7. The van der Waals surface area contributed by atoms with E-state index in [1.54, 1.807) is 46.8 Å². The zero-order valence-electron chi connectivity index (χ0n) is 15.9. The fraction of sp³-hybridized carbons (Fsp3) is 0.211. The Bertz CT molecular complexity index is 1040. The lowest BCUT2D eigenvalue weighted by molar-refractivity contribution is 0.355. The van der Waals surface area contributed by atoms with Crippen LogP contribution in [0.5, 0.6) is 23.0 Å². The lowest BCUT2D eigenvalue weighted by atomic mass is 10.2. The molecule has 9 heteroatoms. The number of H-pyrrole nitrogens is 1. The minimum absolute atomic E-state index is 0.357. The Kier molecular flexibility index (Phi) is 5.95. The second-order valence-electron chi connectivity index (χ2n) is 5.62. The molecule has 8 nitrogen and oxygen atoms in total. The second-order valence-corrected chi connectivity index (χ2v) is 6.01. The Morgan fingerprint density at radius 1 is 0.929 bits per heavy atom. The summed E-state index contributed by atoms with van der Waals surface area (Å²) >= 11 is 5.32. The van der Waals surface area contributed by atoms with E-state index in [4.69, 9.17) is 31.2 Å². The molecule has 0 unspecified atom stereocenters. The first-order valence-corrected chi connectivity index (χ1v) is 8.67. The third-order valence-electron chi connectivity index (χ3n) is 3.99. The zero-order valence-corrected chi connectivity index (χ0v) is 16.7. The van der Waals surface area contributed by atoms with Gasteiger partial charge in [0.2, 0.25) is 4.77 Å². The molecule has 3 rings (SSSR count). The number of benzene rings is 2. The van der Waals surface area contributed by atoms with Crippen LogP contribution in [0.3, 0.4) is 0 Å². The first-order valence-electron chi connectivity index (χ1n) is 8.26. The van der Waals surface area contributed by atoms with E-state index in [1.807, 2.05) is 24.3 Å². The Morgan fingerprint density at radius 2 is 1.61 bits per heavy atom. The lowest BCUT2D eigenvalue weighted by Gasteiger charge is -2.09. The van der Waals surface area contributed by atoms with Gasteiger partial charge in [0.1, 0.15) is 11.5 Å². The van der Waals surface area contributed by atoms with Crippen molar-refractivity contribution in [2.45, 2.75) is 0 Å². The SMILES string of the molecule is COc1cc(/C=N\n2c(-c3ccc(OC)c(OC)c3)n[nH]c2=S)cc(OC)c1. The molecule has 0 saturated heterocycles. The normalized spacial score (nSPS) is 10.9. The summed E-state index contributed by atoms with van der Waals surface area (Å²) in [5, 5.41) is 11.5. The predicted molar refractivity (Wildman–Crippen MR) is 108 cm³/mol. The zero-order chi connectivity index (χ0) is 20.1. The van der Waals surface area contributed by atoms with Crippen LogP contribution >= 0.6 is 12.2 Å². The highest BCUT2D eigenvalue weighted by molar-refractivity contribution is 7.71. The van der Waals surface area contributed by atoms with Gasteiger partial charge in [-0.15, -0.1) is 0 Å². The van der Waals surface area contributed by atoms with Gasteiger partial charge in [-0.05, 0) is 42.5 Å². The molecular formula is C19H20N4O4S. The molecule has 0 aliphatic heterocycles. The maximum Gasteiger partial charge on any atom is 0.216 e. The van der Waals surface area contributed by atoms with Crippen molar-refractivity contribution >= 4 is 18.4 Å². The lowest BCUT2D eigenvalue weighted by Crippen LogP contribution is -1.97. The number of nitrogens with one attached hydrogen (secondary N) is 1. The highest BCUT2D eigenvalue weighted by Crippen LogP contribution is 2.31. The third-order valence-corrected chi connectivity index (χ3v) is 4.25. The van der Waals surface area contributed by atoms with Crippen molar-refractivity contribution in [2.75, 3.05) is 28.4 Å². The minimum Gasteiger partial charge on any atom is -0.497 e. The molecule has 1 aromatic heterocycles. The van der Waals surface area contributed by atoms with E-state index in [0.717, 1.165) is 11.1 Å². The monoisotopic (exact) mass is 400 g/mol. The number of rotatable bonds is 7. The molecule has 1 heterocycles. The number of aromatic nitrogens is 3. The van der Waals surface area contributed by atoms with Gasteiger partial charge in [-0.1, -0.05) is 0 Å². The van der Waals surface area contributed by atoms with E-state index in [9.17, 15) is 0 Å². The highest BCUT2D eigenvalue weighted by atomic mass is 32.1. The van der Waals surface area contributed by atoms with Gasteiger partial charge in [-0.2, -0.15) is 14.9 Å². The van der Waals surface area contributed by atoms with E-state index < -0.39 is 0 Å².